The molecule has 1 amide bonds. The minimum absolute atomic E-state index is 0.000824. The number of benzene rings is 1. The van der Waals surface area contributed by atoms with E-state index in [1.807, 2.05) is 59.3 Å². The van der Waals surface area contributed by atoms with Crippen LogP contribution in [-0.4, -0.2) is 21.0 Å². The fourth-order valence-corrected chi connectivity index (χ4v) is 3.32. The molecule has 0 aliphatic carbocycles. The minimum atomic E-state index is -0.000824. The maximum atomic E-state index is 11.9. The zero-order valence-corrected chi connectivity index (χ0v) is 14.0. The normalized spacial score (nSPS) is 10.8. The molecule has 0 atom stereocenters. The van der Waals surface area contributed by atoms with E-state index in [-0.39, 0.29) is 5.91 Å². The van der Waals surface area contributed by atoms with Crippen LogP contribution in [0, 0.1) is 0 Å². The number of fused-ring (bicyclic) bond motifs is 1. The number of carbonyl (C=O) groups is 1. The van der Waals surface area contributed by atoms with E-state index in [1.165, 1.54) is 0 Å². The molecule has 2 aromatic heterocycles. The number of hydrogen-bond donors (Lipinski definition) is 1. The van der Waals surface area contributed by atoms with Gasteiger partial charge in [0, 0.05) is 23.2 Å². The van der Waals surface area contributed by atoms with Crippen LogP contribution in [-0.2, 0) is 17.1 Å². The number of aromatic nitrogens is 2. The lowest BCUT2D eigenvalue weighted by atomic mass is 10.2. The van der Waals surface area contributed by atoms with Gasteiger partial charge in [-0.3, -0.25) is 4.79 Å². The first-order valence-electron chi connectivity index (χ1n) is 7.23. The molecule has 1 N–H and O–H groups in total. The molecule has 23 heavy (non-hydrogen) atoms. The van der Waals surface area contributed by atoms with E-state index in [9.17, 15) is 4.79 Å². The zero-order chi connectivity index (χ0) is 16.1. The first-order valence-corrected chi connectivity index (χ1v) is 8.76. The summed E-state index contributed by atoms with van der Waals surface area (Å²) in [6.07, 6.45) is 3.86. The Kier molecular flexibility index (Phi) is 5.20. The van der Waals surface area contributed by atoms with Crippen LogP contribution in [0.2, 0.25) is 5.02 Å². The van der Waals surface area contributed by atoms with Crippen LogP contribution in [0.5, 0.6) is 0 Å². The van der Waals surface area contributed by atoms with Gasteiger partial charge < -0.3 is 9.72 Å². The van der Waals surface area contributed by atoms with Crippen molar-refractivity contribution in [3.8, 4) is 0 Å². The van der Waals surface area contributed by atoms with Crippen LogP contribution in [0.15, 0.2) is 54.9 Å². The molecule has 2 heterocycles. The molecule has 3 aromatic rings. The molecule has 1 aromatic carbocycles. The summed E-state index contributed by atoms with van der Waals surface area (Å²) in [5, 5.41) is 3.63. The highest BCUT2D eigenvalue weighted by Crippen LogP contribution is 2.20. The van der Waals surface area contributed by atoms with Gasteiger partial charge in [0.1, 0.15) is 5.65 Å². The van der Waals surface area contributed by atoms with Crippen molar-refractivity contribution in [3.63, 3.8) is 0 Å². The van der Waals surface area contributed by atoms with Gasteiger partial charge >= 0.3 is 0 Å². The summed E-state index contributed by atoms with van der Waals surface area (Å²) >= 11 is 7.64. The Balaban J connectivity index is 1.45. The Bertz CT molecular complexity index is 785. The summed E-state index contributed by atoms with van der Waals surface area (Å²) in [5.74, 6) is 1.12. The smallest absolute Gasteiger partial charge is 0.230 e. The van der Waals surface area contributed by atoms with Gasteiger partial charge in [0.05, 0.1) is 18.0 Å². The number of nitrogens with zero attached hydrogens (tertiary/aromatic N) is 2. The Hall–Kier alpha value is -1.98. The molecule has 0 radical (unpaired) electrons. The van der Waals surface area contributed by atoms with E-state index in [0.717, 1.165) is 27.7 Å². The molecule has 4 nitrogen and oxygen atoms in total. The predicted molar refractivity (Wildman–Crippen MR) is 94.7 cm³/mol. The lowest BCUT2D eigenvalue weighted by Crippen LogP contribution is -2.24. The van der Waals surface area contributed by atoms with Crippen molar-refractivity contribution in [2.75, 3.05) is 5.75 Å². The molecule has 6 heteroatoms. The minimum Gasteiger partial charge on any atom is -0.350 e. The van der Waals surface area contributed by atoms with Crippen LogP contribution >= 0.6 is 23.4 Å². The van der Waals surface area contributed by atoms with Crippen LogP contribution in [0.4, 0.5) is 0 Å². The van der Waals surface area contributed by atoms with Gasteiger partial charge in [0.2, 0.25) is 5.91 Å². The molecule has 0 unspecified atom stereocenters. The summed E-state index contributed by atoms with van der Waals surface area (Å²) in [5.41, 5.74) is 2.78. The second kappa shape index (κ2) is 7.53. The average molecular weight is 346 g/mol. The second-order valence-corrected chi connectivity index (χ2v) is 6.45. The maximum absolute atomic E-state index is 11.9. The number of amides is 1. The van der Waals surface area contributed by atoms with E-state index in [0.29, 0.717) is 12.3 Å². The Morgan fingerprint density at radius 2 is 2.04 bits per heavy atom. The number of halogens is 1. The van der Waals surface area contributed by atoms with Gasteiger partial charge in [0.15, 0.2) is 0 Å². The van der Waals surface area contributed by atoms with Crippen LogP contribution in [0.1, 0.15) is 11.3 Å². The van der Waals surface area contributed by atoms with Crippen molar-refractivity contribution < 1.29 is 4.79 Å². The lowest BCUT2D eigenvalue weighted by Gasteiger charge is -2.05. The van der Waals surface area contributed by atoms with Gasteiger partial charge in [-0.25, -0.2) is 4.98 Å². The number of hydrogen-bond acceptors (Lipinski definition) is 3. The molecular formula is C17H16ClN3OS. The van der Waals surface area contributed by atoms with E-state index in [4.69, 9.17) is 11.6 Å². The van der Waals surface area contributed by atoms with Gasteiger partial charge in [-0.1, -0.05) is 35.9 Å². The Labute approximate surface area is 143 Å². The summed E-state index contributed by atoms with van der Waals surface area (Å²) in [6, 6.07) is 13.5. The molecule has 0 fully saturated rings. The quantitative estimate of drug-likeness (QED) is 0.743. The largest absolute Gasteiger partial charge is 0.350 e. The van der Waals surface area contributed by atoms with Crippen molar-refractivity contribution in [1.82, 2.24) is 14.7 Å². The van der Waals surface area contributed by atoms with Crippen molar-refractivity contribution in [1.29, 1.82) is 0 Å². The number of pyridine rings is 1. The first kappa shape index (κ1) is 15.9. The van der Waals surface area contributed by atoms with Crippen molar-refractivity contribution >= 4 is 34.9 Å². The zero-order valence-electron chi connectivity index (χ0n) is 12.4. The highest BCUT2D eigenvalue weighted by atomic mass is 35.5. The van der Waals surface area contributed by atoms with Crippen molar-refractivity contribution in [2.24, 2.45) is 0 Å². The number of imidazole rings is 1. The predicted octanol–water partition coefficient (Wildman–Crippen LogP) is 3.54. The van der Waals surface area contributed by atoms with Crippen molar-refractivity contribution in [2.45, 2.75) is 12.3 Å². The maximum Gasteiger partial charge on any atom is 0.230 e. The first-order chi connectivity index (χ1) is 11.2. The van der Waals surface area contributed by atoms with E-state index in [2.05, 4.69) is 10.3 Å². The number of rotatable bonds is 6. The summed E-state index contributed by atoms with van der Waals surface area (Å²) in [4.78, 5) is 16.4. The third kappa shape index (κ3) is 4.27. The molecule has 0 saturated heterocycles. The average Bonchev–Trinajstić information content (AvgIpc) is 2.98. The van der Waals surface area contributed by atoms with E-state index >= 15 is 0 Å². The molecule has 0 saturated carbocycles. The Morgan fingerprint density at radius 1 is 1.22 bits per heavy atom. The third-order valence-electron chi connectivity index (χ3n) is 3.33. The molecular weight excluding hydrogens is 330 g/mol. The second-order valence-electron chi connectivity index (χ2n) is 5.06. The number of thioether (sulfide) groups is 1. The van der Waals surface area contributed by atoms with Gasteiger partial charge in [-0.05, 0) is 23.8 Å². The lowest BCUT2D eigenvalue weighted by molar-refractivity contribution is -0.118. The van der Waals surface area contributed by atoms with E-state index in [1.54, 1.807) is 11.8 Å². The molecule has 118 valence electrons. The molecule has 0 spiro atoms. The molecule has 0 aliphatic heterocycles. The number of nitrogens with one attached hydrogen (secondary N) is 1. The van der Waals surface area contributed by atoms with Crippen LogP contribution in [0.3, 0.4) is 0 Å². The fourth-order valence-electron chi connectivity index (χ4n) is 2.18. The van der Waals surface area contributed by atoms with Gasteiger partial charge in [-0.2, -0.15) is 0 Å². The third-order valence-corrected chi connectivity index (χ3v) is 4.68. The van der Waals surface area contributed by atoms with Gasteiger partial charge in [-0.15, -0.1) is 11.8 Å². The van der Waals surface area contributed by atoms with Crippen LogP contribution < -0.4 is 5.32 Å². The molecule has 3 rings (SSSR count). The summed E-state index contributed by atoms with van der Waals surface area (Å²) in [7, 11) is 0. The highest BCUT2D eigenvalue weighted by Gasteiger charge is 2.06. The van der Waals surface area contributed by atoms with E-state index < -0.39 is 0 Å². The summed E-state index contributed by atoms with van der Waals surface area (Å²) < 4.78 is 1.94. The standard InChI is InChI=1S/C17H16ClN3OS/c18-15-6-2-1-5-13(15)11-23-12-17(22)19-9-14-10-21-8-4-3-7-16(21)20-14/h1-8,10H,9,11-12H2,(H,19,22). The molecule has 0 bridgehead atoms. The topological polar surface area (TPSA) is 46.4 Å². The Morgan fingerprint density at radius 3 is 2.87 bits per heavy atom. The number of carbonyl (C=O) groups excluding carboxylic acids is 1. The van der Waals surface area contributed by atoms with Crippen molar-refractivity contribution in [3.05, 3.63) is 71.1 Å². The highest BCUT2D eigenvalue weighted by molar-refractivity contribution is 7.99. The fraction of sp³-hybridized carbons (Fsp3) is 0.176. The monoisotopic (exact) mass is 345 g/mol. The molecule has 0 aliphatic rings. The summed E-state index contributed by atoms with van der Waals surface area (Å²) in [6.45, 7) is 0.438. The van der Waals surface area contributed by atoms with Gasteiger partial charge in [0.25, 0.3) is 0 Å². The van der Waals surface area contributed by atoms with Crippen LogP contribution in [0.25, 0.3) is 5.65 Å². The SMILES string of the molecule is O=C(CSCc1ccccc1Cl)NCc1cn2ccccc2n1.